The Kier molecular flexibility index (Phi) is 11.0. The number of alkyl carbamates (subject to hydrolysis) is 1. The third-order valence-electron chi connectivity index (χ3n) is 5.44. The van der Waals surface area contributed by atoms with Gasteiger partial charge in [0.15, 0.2) is 0 Å². The Hall–Kier alpha value is -4.71. The number of nitrogens with zero attached hydrogens (tertiary/aromatic N) is 2. The van der Waals surface area contributed by atoms with Crippen LogP contribution in [0, 0.1) is 0 Å². The van der Waals surface area contributed by atoms with Crippen molar-refractivity contribution in [1.29, 1.82) is 0 Å². The molecule has 1 heterocycles. The van der Waals surface area contributed by atoms with Gasteiger partial charge < -0.3 is 36.5 Å². The predicted octanol–water partition coefficient (Wildman–Crippen LogP) is 4.43. The summed E-state index contributed by atoms with van der Waals surface area (Å²) >= 11 is 0. The van der Waals surface area contributed by atoms with Crippen LogP contribution in [0.4, 0.5) is 27.9 Å². The minimum atomic E-state index is -0.574. The molecule has 6 N–H and O–H groups in total. The van der Waals surface area contributed by atoms with Gasteiger partial charge in [-0.3, -0.25) is 9.59 Å². The molecule has 0 aliphatic heterocycles. The standard InChI is InChI=1S/C29H37N7O5/c1-5-14-31-25-22(17-33-27(36-25)34-21-12-10-19(11-13-21)24(30)37)26(38)35-23-9-7-6-8-20(23)18-40-16-15-32-28(39)41-29(2,3)4/h6-13,17H,5,14-16,18H2,1-4H3,(H2,30,37)(H,32,39)(H,35,38)(H2,31,33,34,36). The molecule has 0 saturated carbocycles. The van der Waals surface area contributed by atoms with E-state index in [1.165, 1.54) is 6.20 Å². The fourth-order valence-electron chi connectivity index (χ4n) is 3.51. The third-order valence-corrected chi connectivity index (χ3v) is 5.44. The smallest absolute Gasteiger partial charge is 0.407 e. The number of benzene rings is 2. The van der Waals surface area contributed by atoms with Gasteiger partial charge in [-0.15, -0.1) is 0 Å². The lowest BCUT2D eigenvalue weighted by Gasteiger charge is -2.19. The summed E-state index contributed by atoms with van der Waals surface area (Å²) < 4.78 is 10.9. The number of carbonyl (C=O) groups is 3. The summed E-state index contributed by atoms with van der Waals surface area (Å²) in [6.07, 6.45) is 1.76. The minimum absolute atomic E-state index is 0.224. The van der Waals surface area contributed by atoms with Crippen molar-refractivity contribution in [1.82, 2.24) is 15.3 Å². The molecule has 0 bridgehead atoms. The number of aromatic nitrogens is 2. The number of ether oxygens (including phenoxy) is 2. The van der Waals surface area contributed by atoms with Crippen molar-refractivity contribution >= 4 is 41.0 Å². The van der Waals surface area contributed by atoms with E-state index in [-0.39, 0.29) is 37.2 Å². The van der Waals surface area contributed by atoms with Crippen molar-refractivity contribution in [3.63, 3.8) is 0 Å². The molecule has 0 aliphatic rings. The van der Waals surface area contributed by atoms with Gasteiger partial charge >= 0.3 is 6.09 Å². The maximum Gasteiger partial charge on any atom is 0.407 e. The highest BCUT2D eigenvalue weighted by atomic mass is 16.6. The summed E-state index contributed by atoms with van der Waals surface area (Å²) in [5.41, 5.74) is 7.38. The van der Waals surface area contributed by atoms with Gasteiger partial charge in [0.05, 0.1) is 13.2 Å². The molecule has 0 unspecified atom stereocenters. The molecule has 0 aliphatic carbocycles. The molecular formula is C29H37N7O5. The van der Waals surface area contributed by atoms with Crippen LogP contribution in [0.3, 0.4) is 0 Å². The van der Waals surface area contributed by atoms with Crippen molar-refractivity contribution in [3.05, 3.63) is 71.4 Å². The highest BCUT2D eigenvalue weighted by Crippen LogP contribution is 2.22. The van der Waals surface area contributed by atoms with Crippen LogP contribution in [0.15, 0.2) is 54.7 Å². The van der Waals surface area contributed by atoms with Gasteiger partial charge in [-0.05, 0) is 57.5 Å². The van der Waals surface area contributed by atoms with Crippen LogP contribution in [-0.4, -0.2) is 53.2 Å². The SMILES string of the molecule is CCCNc1nc(Nc2ccc(C(N)=O)cc2)ncc1C(=O)Nc1ccccc1COCCNC(=O)OC(C)(C)C. The normalized spacial score (nSPS) is 10.9. The second-order valence-electron chi connectivity index (χ2n) is 10.0. The fraction of sp³-hybridized carbons (Fsp3) is 0.345. The Labute approximate surface area is 239 Å². The lowest BCUT2D eigenvalue weighted by molar-refractivity contribution is 0.0493. The molecule has 1 aromatic heterocycles. The minimum Gasteiger partial charge on any atom is -0.444 e. The van der Waals surface area contributed by atoms with Gasteiger partial charge in [0.25, 0.3) is 5.91 Å². The quantitative estimate of drug-likeness (QED) is 0.189. The largest absolute Gasteiger partial charge is 0.444 e. The number of carbonyl (C=O) groups excluding carboxylic acids is 3. The molecule has 3 amide bonds. The Morgan fingerprint density at radius 1 is 1.00 bits per heavy atom. The van der Waals surface area contributed by atoms with E-state index in [9.17, 15) is 14.4 Å². The summed E-state index contributed by atoms with van der Waals surface area (Å²) in [7, 11) is 0. The number of nitrogens with two attached hydrogens (primary N) is 1. The number of amides is 3. The molecule has 0 fully saturated rings. The van der Waals surface area contributed by atoms with Gasteiger partial charge in [0.2, 0.25) is 11.9 Å². The van der Waals surface area contributed by atoms with Crippen molar-refractivity contribution < 1.29 is 23.9 Å². The van der Waals surface area contributed by atoms with E-state index in [2.05, 4.69) is 31.2 Å². The van der Waals surface area contributed by atoms with E-state index in [0.29, 0.717) is 29.3 Å². The van der Waals surface area contributed by atoms with E-state index in [0.717, 1.165) is 12.0 Å². The molecule has 0 radical (unpaired) electrons. The Bertz CT molecular complexity index is 1340. The Morgan fingerprint density at radius 2 is 1.73 bits per heavy atom. The average Bonchev–Trinajstić information content (AvgIpc) is 2.92. The van der Waals surface area contributed by atoms with Gasteiger partial charge in [-0.1, -0.05) is 25.1 Å². The zero-order valence-electron chi connectivity index (χ0n) is 23.7. The number of rotatable bonds is 13. The molecule has 0 spiro atoms. The third kappa shape index (κ3) is 10.1. The predicted molar refractivity (Wildman–Crippen MR) is 157 cm³/mol. The zero-order chi connectivity index (χ0) is 29.8. The van der Waals surface area contributed by atoms with Crippen LogP contribution in [-0.2, 0) is 16.1 Å². The Morgan fingerprint density at radius 3 is 2.41 bits per heavy atom. The number of hydrogen-bond acceptors (Lipinski definition) is 9. The van der Waals surface area contributed by atoms with Gasteiger partial charge in [0, 0.05) is 41.8 Å². The molecular weight excluding hydrogens is 526 g/mol. The monoisotopic (exact) mass is 563 g/mol. The molecule has 2 aromatic carbocycles. The Balaban J connectivity index is 1.64. The van der Waals surface area contributed by atoms with Crippen LogP contribution in [0.1, 0.15) is 60.4 Å². The van der Waals surface area contributed by atoms with Crippen LogP contribution in [0.5, 0.6) is 0 Å². The highest BCUT2D eigenvalue weighted by molar-refractivity contribution is 6.07. The van der Waals surface area contributed by atoms with Gasteiger partial charge in [-0.2, -0.15) is 4.98 Å². The lowest BCUT2D eigenvalue weighted by Crippen LogP contribution is -2.34. The maximum absolute atomic E-state index is 13.3. The summed E-state index contributed by atoms with van der Waals surface area (Å²) in [4.78, 5) is 45.2. The fourth-order valence-corrected chi connectivity index (χ4v) is 3.51. The van der Waals surface area contributed by atoms with Gasteiger partial charge in [-0.25, -0.2) is 9.78 Å². The van der Waals surface area contributed by atoms with Gasteiger partial charge in [0.1, 0.15) is 17.0 Å². The van der Waals surface area contributed by atoms with Crippen LogP contribution in [0.25, 0.3) is 0 Å². The van der Waals surface area contributed by atoms with E-state index in [1.807, 2.05) is 25.1 Å². The van der Waals surface area contributed by atoms with Crippen molar-refractivity contribution in [2.75, 3.05) is 35.6 Å². The molecule has 0 saturated heterocycles. The van der Waals surface area contributed by atoms with E-state index >= 15 is 0 Å². The number of primary amides is 1. The number of para-hydroxylation sites is 1. The molecule has 0 atom stereocenters. The average molecular weight is 564 g/mol. The molecule has 12 nitrogen and oxygen atoms in total. The zero-order valence-corrected chi connectivity index (χ0v) is 23.7. The molecule has 3 aromatic rings. The first-order chi connectivity index (χ1) is 19.6. The summed E-state index contributed by atoms with van der Waals surface area (Å²) in [5, 5.41) is 11.8. The first kappa shape index (κ1) is 30.8. The van der Waals surface area contributed by atoms with Crippen molar-refractivity contribution in [2.24, 2.45) is 5.73 Å². The van der Waals surface area contributed by atoms with Crippen LogP contribution >= 0.6 is 0 Å². The topological polar surface area (TPSA) is 170 Å². The molecule has 12 heteroatoms. The lowest BCUT2D eigenvalue weighted by atomic mass is 10.1. The summed E-state index contributed by atoms with van der Waals surface area (Å²) in [6.45, 7) is 8.76. The van der Waals surface area contributed by atoms with E-state index in [4.69, 9.17) is 15.2 Å². The van der Waals surface area contributed by atoms with Crippen LogP contribution in [0.2, 0.25) is 0 Å². The second-order valence-corrected chi connectivity index (χ2v) is 10.0. The number of hydrogen-bond donors (Lipinski definition) is 5. The highest BCUT2D eigenvalue weighted by Gasteiger charge is 2.17. The van der Waals surface area contributed by atoms with Crippen molar-refractivity contribution in [3.8, 4) is 0 Å². The molecule has 218 valence electrons. The molecule has 41 heavy (non-hydrogen) atoms. The first-order valence-electron chi connectivity index (χ1n) is 13.3. The van der Waals surface area contributed by atoms with E-state index in [1.54, 1.807) is 51.1 Å². The summed E-state index contributed by atoms with van der Waals surface area (Å²) in [6, 6.07) is 13.9. The van der Waals surface area contributed by atoms with Crippen LogP contribution < -0.4 is 27.0 Å². The summed E-state index contributed by atoms with van der Waals surface area (Å²) in [5.74, 6) is -0.254. The number of anilines is 4. The maximum atomic E-state index is 13.3. The van der Waals surface area contributed by atoms with Crippen molar-refractivity contribution in [2.45, 2.75) is 46.3 Å². The second kappa shape index (κ2) is 14.6. The number of nitrogens with one attached hydrogen (secondary N) is 4. The molecule has 3 rings (SSSR count). The van der Waals surface area contributed by atoms with E-state index < -0.39 is 17.6 Å². The first-order valence-corrected chi connectivity index (χ1v) is 13.3.